The van der Waals surface area contributed by atoms with Crippen molar-refractivity contribution in [3.05, 3.63) is 99.8 Å². The molecule has 17 heteroatoms. The van der Waals surface area contributed by atoms with Crippen LogP contribution >= 0.6 is 11.6 Å². The van der Waals surface area contributed by atoms with Crippen LogP contribution in [-0.2, 0) is 16.6 Å². The van der Waals surface area contributed by atoms with Crippen LogP contribution in [0.15, 0.2) is 60.7 Å². The van der Waals surface area contributed by atoms with Crippen LogP contribution in [0.5, 0.6) is 11.5 Å². The van der Waals surface area contributed by atoms with Crippen molar-refractivity contribution in [2.24, 2.45) is 0 Å². The number of ether oxygens (including phenoxy) is 2. The minimum absolute atomic E-state index is 0.00354. The Bertz CT molecular complexity index is 2230. The third kappa shape index (κ3) is 8.40. The molecule has 10 nitrogen and oxygen atoms in total. The van der Waals surface area contributed by atoms with Crippen molar-refractivity contribution < 1.29 is 41.3 Å². The number of nitriles is 1. The number of hydrogen-bond acceptors (Lipinski definition) is 8. The molecule has 55 heavy (non-hydrogen) atoms. The predicted octanol–water partition coefficient (Wildman–Crippen LogP) is 7.32. The Kier molecular flexibility index (Phi) is 11.7. The number of anilines is 1. The summed E-state index contributed by atoms with van der Waals surface area (Å²) in [4.78, 5) is 26.4. The van der Waals surface area contributed by atoms with E-state index in [2.05, 4.69) is 15.0 Å². The first-order valence-corrected chi connectivity index (χ1v) is 20.8. The average Bonchev–Trinajstić information content (AvgIpc) is 3.14. The van der Waals surface area contributed by atoms with Crippen LogP contribution in [0.4, 0.5) is 32.6 Å². The Labute approximate surface area is 322 Å². The van der Waals surface area contributed by atoms with Crippen LogP contribution < -0.4 is 18.9 Å². The normalized spacial score (nSPS) is 14.7. The van der Waals surface area contributed by atoms with Gasteiger partial charge in [-0.15, -0.1) is 0 Å². The fourth-order valence-electron chi connectivity index (χ4n) is 6.67. The number of alkyl halides is 3. The predicted molar refractivity (Wildman–Crippen MR) is 197 cm³/mol. The molecule has 1 amide bonds. The van der Waals surface area contributed by atoms with Gasteiger partial charge in [0.2, 0.25) is 0 Å². The number of pyridine rings is 1. The van der Waals surface area contributed by atoms with E-state index in [4.69, 9.17) is 21.1 Å². The monoisotopic (exact) mass is 842 g/mol. The Morgan fingerprint density at radius 3 is 2.11 bits per heavy atom. The average molecular weight is 843 g/mol. The zero-order valence-electron chi connectivity index (χ0n) is 29.7. The summed E-state index contributed by atoms with van der Waals surface area (Å²) in [6.07, 6.45) is -7.79. The van der Waals surface area contributed by atoms with Crippen molar-refractivity contribution in [1.82, 2.24) is 19.9 Å². The number of aryl methyl sites for hydroxylation is 1. The number of halogens is 6. The summed E-state index contributed by atoms with van der Waals surface area (Å²) >= 11 is 4.23. The van der Waals surface area contributed by atoms with E-state index in [9.17, 15) is 28.3 Å². The third-order valence-electron chi connectivity index (χ3n) is 9.30. The molecule has 1 aliphatic rings. The summed E-state index contributed by atoms with van der Waals surface area (Å²) in [6.45, 7) is 1.11. The molecule has 1 atom stereocenters. The zero-order valence-corrected chi connectivity index (χ0v) is 32.3. The number of piperazine rings is 1. The van der Waals surface area contributed by atoms with Crippen LogP contribution in [0.1, 0.15) is 28.7 Å². The number of methoxy groups -OCH3 is 2. The SMILES string of the molecule is COc1ccc(C[As](Cc2ccc(OC)cc2)c2cc(C)c(C(F)(F)F)c(-c3c(Cl)cc4c(N5CCN(C(=O)O)[C@@H](CC#N)C5)nc(F)nc4c3F)n2)cc1. The molecule has 5 aromatic rings. The van der Waals surface area contributed by atoms with Gasteiger partial charge in [-0.2, -0.15) is 5.26 Å². The molecule has 0 spiro atoms. The number of carbonyl (C=O) groups is 1. The molecule has 286 valence electrons. The number of fused-ring (bicyclic) bond motifs is 1. The van der Waals surface area contributed by atoms with Gasteiger partial charge in [0, 0.05) is 0 Å². The van der Waals surface area contributed by atoms with E-state index in [1.54, 1.807) is 38.5 Å². The molecule has 1 fully saturated rings. The second kappa shape index (κ2) is 16.3. The van der Waals surface area contributed by atoms with Crippen LogP contribution in [0.3, 0.4) is 0 Å². The van der Waals surface area contributed by atoms with Gasteiger partial charge in [0.15, 0.2) is 0 Å². The van der Waals surface area contributed by atoms with Crippen molar-refractivity contribution in [3.8, 4) is 28.8 Å². The number of hydrogen-bond donors (Lipinski definition) is 1. The van der Waals surface area contributed by atoms with E-state index < -0.39 is 72.2 Å². The molecular formula is C38H33AsClF5N6O4. The van der Waals surface area contributed by atoms with Gasteiger partial charge in [-0.3, -0.25) is 0 Å². The molecule has 3 heterocycles. The summed E-state index contributed by atoms with van der Waals surface area (Å²) in [7, 11) is 3.08. The van der Waals surface area contributed by atoms with Gasteiger partial charge in [0.25, 0.3) is 0 Å². The Hall–Kier alpha value is -5.19. The number of aromatic nitrogens is 3. The van der Waals surface area contributed by atoms with Crippen molar-refractivity contribution in [2.45, 2.75) is 36.0 Å². The van der Waals surface area contributed by atoms with E-state index in [0.29, 0.717) is 26.4 Å². The number of rotatable bonds is 10. The van der Waals surface area contributed by atoms with E-state index in [1.807, 2.05) is 30.3 Å². The van der Waals surface area contributed by atoms with Gasteiger partial charge in [-0.25, -0.2) is 4.79 Å². The van der Waals surface area contributed by atoms with Crippen molar-refractivity contribution in [1.29, 1.82) is 5.26 Å². The van der Waals surface area contributed by atoms with Crippen LogP contribution in [0.25, 0.3) is 22.2 Å². The van der Waals surface area contributed by atoms with Gasteiger partial charge in [0.05, 0.1) is 6.07 Å². The summed E-state index contributed by atoms with van der Waals surface area (Å²) < 4.78 is 87.7. The van der Waals surface area contributed by atoms with E-state index in [0.717, 1.165) is 16.0 Å². The van der Waals surface area contributed by atoms with Gasteiger partial charge >= 0.3 is 302 Å². The molecule has 0 radical (unpaired) electrons. The first-order chi connectivity index (χ1) is 26.2. The maximum absolute atomic E-state index is 16.9. The summed E-state index contributed by atoms with van der Waals surface area (Å²) in [5.41, 5.74) is -1.66. The molecule has 0 bridgehead atoms. The molecule has 1 N–H and O–H groups in total. The summed E-state index contributed by atoms with van der Waals surface area (Å²) in [6, 6.07) is 18.4. The van der Waals surface area contributed by atoms with Crippen molar-refractivity contribution in [3.63, 3.8) is 0 Å². The Balaban J connectivity index is 1.51. The standard InChI is InChI=1S/C38H33AsClF5N6O4/c1-21-16-29(39(18-22-4-8-25(54-2)9-5-22)19-23-6-10-26(55-3)11-7-23)47-34(31(21)38(43,44)45)30-28(40)17-27-33(32(30)41)48-36(42)49-35(27)50-14-15-51(37(52)53)24(20-50)12-13-46/h4-11,16-17,24H,12,14-15,18-20H2,1-3H3,(H,52,53)/t24-/m0/s1. The minimum atomic E-state index is -4.98. The van der Waals surface area contributed by atoms with Crippen LogP contribution in [0, 0.1) is 30.2 Å². The fraction of sp³-hybridized carbons (Fsp3) is 0.289. The van der Waals surface area contributed by atoms with Crippen molar-refractivity contribution >= 4 is 53.5 Å². The molecule has 0 saturated carbocycles. The van der Waals surface area contributed by atoms with Crippen molar-refractivity contribution in [2.75, 3.05) is 38.8 Å². The van der Waals surface area contributed by atoms with Gasteiger partial charge < -0.3 is 5.11 Å². The third-order valence-corrected chi connectivity index (χ3v) is 14.6. The summed E-state index contributed by atoms with van der Waals surface area (Å²) in [5.74, 6) is -0.207. The first-order valence-electron chi connectivity index (χ1n) is 16.8. The summed E-state index contributed by atoms with van der Waals surface area (Å²) in [5, 5.41) is 19.3. The molecule has 1 aliphatic heterocycles. The number of carboxylic acid groups (broad SMARTS) is 1. The van der Waals surface area contributed by atoms with Gasteiger partial charge in [-0.1, -0.05) is 0 Å². The molecule has 0 unspecified atom stereocenters. The maximum atomic E-state index is 16.9. The molecule has 2 aromatic heterocycles. The van der Waals surface area contributed by atoms with Gasteiger partial charge in [0.1, 0.15) is 0 Å². The second-order valence-electron chi connectivity index (χ2n) is 12.8. The molecule has 6 rings (SSSR count). The number of nitrogens with zero attached hydrogens (tertiary/aromatic N) is 6. The first kappa shape index (κ1) is 39.5. The molecule has 1 saturated heterocycles. The second-order valence-corrected chi connectivity index (χ2v) is 17.7. The molecule has 3 aromatic carbocycles. The number of benzene rings is 3. The van der Waals surface area contributed by atoms with Crippen LogP contribution in [-0.4, -0.2) is 85.6 Å². The molecule has 0 aliphatic carbocycles. The number of amides is 1. The van der Waals surface area contributed by atoms with Gasteiger partial charge in [-0.05, 0) is 0 Å². The van der Waals surface area contributed by atoms with E-state index >= 15 is 8.78 Å². The van der Waals surface area contributed by atoms with Crippen LogP contribution in [0.2, 0.25) is 5.02 Å². The quantitative estimate of drug-likeness (QED) is 0.0876. The molecular weight excluding hydrogens is 810 g/mol. The Morgan fingerprint density at radius 2 is 1.58 bits per heavy atom. The van der Waals surface area contributed by atoms with E-state index in [-0.39, 0.29) is 42.8 Å². The fourth-order valence-corrected chi connectivity index (χ4v) is 11.9. The Morgan fingerprint density at radius 1 is 0.982 bits per heavy atom. The zero-order chi connectivity index (χ0) is 39.6. The topological polar surface area (TPSA) is 125 Å². The van der Waals surface area contributed by atoms with E-state index in [1.165, 1.54) is 24.0 Å².